The third-order valence-corrected chi connectivity index (χ3v) is 1.55. The minimum atomic E-state index is 0.539. The lowest BCUT2D eigenvalue weighted by molar-refractivity contribution is -0.594. The highest BCUT2D eigenvalue weighted by atomic mass is 16.5. The van der Waals surface area contributed by atoms with E-state index in [2.05, 4.69) is 5.11 Å². The number of benzene rings is 1. The Hall–Kier alpha value is -1.38. The lowest BCUT2D eigenvalue weighted by atomic mass is 10.3. The van der Waals surface area contributed by atoms with E-state index in [-0.39, 0.29) is 0 Å². The predicted molar refractivity (Wildman–Crippen MR) is 40.2 cm³/mol. The fourth-order valence-electron chi connectivity index (χ4n) is 1.04. The Morgan fingerprint density at radius 3 is 3.18 bits per heavy atom. The van der Waals surface area contributed by atoms with E-state index in [1.807, 2.05) is 31.3 Å². The van der Waals surface area contributed by atoms with Gasteiger partial charge in [-0.05, 0) is 12.1 Å². The molecule has 1 aromatic carbocycles. The third-order valence-electron chi connectivity index (χ3n) is 1.55. The molecule has 0 aliphatic carbocycles. The van der Waals surface area contributed by atoms with Crippen molar-refractivity contribution >= 4 is 5.69 Å². The van der Waals surface area contributed by atoms with E-state index in [0.29, 0.717) is 6.73 Å². The molecule has 0 saturated heterocycles. The van der Waals surface area contributed by atoms with Gasteiger partial charge in [-0.1, -0.05) is 16.8 Å². The molecule has 0 unspecified atom stereocenters. The van der Waals surface area contributed by atoms with Crippen molar-refractivity contribution in [3.8, 4) is 5.75 Å². The molecule has 1 aliphatic rings. The molecule has 0 atom stereocenters. The zero-order chi connectivity index (χ0) is 7.68. The highest BCUT2D eigenvalue weighted by Crippen LogP contribution is 2.28. The van der Waals surface area contributed by atoms with Crippen LogP contribution in [0.3, 0.4) is 0 Å². The van der Waals surface area contributed by atoms with E-state index in [9.17, 15) is 0 Å². The summed E-state index contributed by atoms with van der Waals surface area (Å²) in [6, 6.07) is 7.75. The predicted octanol–water partition coefficient (Wildman–Crippen LogP) is 1.76. The van der Waals surface area contributed by atoms with Gasteiger partial charge in [-0.15, -0.1) is 0 Å². The van der Waals surface area contributed by atoms with Crippen LogP contribution in [0, 0.1) is 0 Å². The van der Waals surface area contributed by atoms with Gasteiger partial charge in [-0.2, -0.15) is 0 Å². The van der Waals surface area contributed by atoms with Crippen LogP contribution < -0.4 is 4.74 Å². The zero-order valence-electron chi connectivity index (χ0n) is 6.32. The van der Waals surface area contributed by atoms with Crippen LogP contribution in [0.2, 0.25) is 0 Å². The van der Waals surface area contributed by atoms with Crippen molar-refractivity contribution in [2.45, 2.75) is 0 Å². The minimum Gasteiger partial charge on any atom is -0.432 e. The summed E-state index contributed by atoms with van der Waals surface area (Å²) in [6.07, 6.45) is 0. The summed E-state index contributed by atoms with van der Waals surface area (Å²) >= 11 is 0. The number of azo groups is 2. The summed E-state index contributed by atoms with van der Waals surface area (Å²) in [5.74, 6) is 0.866. The molecule has 3 heteroatoms. The standard InChI is InChI=1S/C8H9N2O/c1-10-6-11-8-5-3-2-4-7(8)9-10/h2-5H,6H2,1H3/q+1. The maximum atomic E-state index is 5.37. The molecule has 1 aromatic rings. The summed E-state index contributed by atoms with van der Waals surface area (Å²) in [6.45, 7) is 0.539. The second-order valence-corrected chi connectivity index (χ2v) is 2.50. The lowest BCUT2D eigenvalue weighted by Gasteiger charge is -2.07. The number of hydrogen-bond acceptors (Lipinski definition) is 2. The monoisotopic (exact) mass is 149 g/mol. The van der Waals surface area contributed by atoms with Crippen molar-refractivity contribution in [3.63, 3.8) is 0 Å². The van der Waals surface area contributed by atoms with Gasteiger partial charge < -0.3 is 4.74 Å². The van der Waals surface area contributed by atoms with Crippen molar-refractivity contribution in [1.82, 2.24) is 0 Å². The average molecular weight is 149 g/mol. The topological polar surface area (TPSA) is 24.6 Å². The van der Waals surface area contributed by atoms with Crippen LogP contribution in [0.1, 0.15) is 0 Å². The first-order chi connectivity index (χ1) is 5.36. The van der Waals surface area contributed by atoms with Crippen molar-refractivity contribution in [2.24, 2.45) is 5.11 Å². The first kappa shape index (κ1) is 6.34. The summed E-state index contributed by atoms with van der Waals surface area (Å²) < 4.78 is 7.13. The van der Waals surface area contributed by atoms with Crippen LogP contribution in [0.15, 0.2) is 29.4 Å². The Morgan fingerprint density at radius 1 is 1.45 bits per heavy atom. The average Bonchev–Trinajstić information content (AvgIpc) is 2.04. The Morgan fingerprint density at radius 2 is 2.27 bits per heavy atom. The van der Waals surface area contributed by atoms with E-state index in [1.165, 1.54) is 0 Å². The Balaban J connectivity index is 2.51. The normalized spacial score (nSPS) is 14.8. The van der Waals surface area contributed by atoms with Gasteiger partial charge in [0, 0.05) is 5.11 Å². The molecular formula is C8H9N2O+. The van der Waals surface area contributed by atoms with Crippen LogP contribution in [0.4, 0.5) is 5.69 Å². The molecule has 0 aromatic heterocycles. The second-order valence-electron chi connectivity index (χ2n) is 2.50. The number of fused-ring (bicyclic) bond motifs is 1. The Labute approximate surface area is 64.9 Å². The zero-order valence-corrected chi connectivity index (χ0v) is 6.32. The fourth-order valence-corrected chi connectivity index (χ4v) is 1.04. The van der Waals surface area contributed by atoms with E-state index in [4.69, 9.17) is 4.74 Å². The second kappa shape index (κ2) is 2.34. The molecule has 0 radical (unpaired) electrons. The number of hydrogen-bond donors (Lipinski definition) is 0. The first-order valence-electron chi connectivity index (χ1n) is 3.51. The summed E-state index contributed by atoms with van der Waals surface area (Å²) in [5, 5.41) is 4.25. The molecule has 0 fully saturated rings. The van der Waals surface area contributed by atoms with Gasteiger partial charge in [0.2, 0.25) is 0 Å². The summed E-state index contributed by atoms with van der Waals surface area (Å²) in [4.78, 5) is 0. The molecule has 11 heavy (non-hydrogen) atoms. The fraction of sp³-hybridized carbons (Fsp3) is 0.250. The molecule has 2 rings (SSSR count). The van der Waals surface area contributed by atoms with Gasteiger partial charge in [0.15, 0.2) is 18.5 Å². The number of nitrogens with zero attached hydrogens (tertiary/aromatic N) is 2. The molecular weight excluding hydrogens is 140 g/mol. The smallest absolute Gasteiger partial charge is 0.311 e. The molecule has 1 aliphatic heterocycles. The quantitative estimate of drug-likeness (QED) is 0.516. The summed E-state index contributed by atoms with van der Waals surface area (Å²) in [7, 11) is 1.88. The molecule has 0 N–H and O–H groups in total. The highest BCUT2D eigenvalue weighted by molar-refractivity contribution is 5.50. The number of ether oxygens (including phenoxy) is 1. The van der Waals surface area contributed by atoms with Crippen LogP contribution in [0.25, 0.3) is 0 Å². The molecule has 0 bridgehead atoms. The van der Waals surface area contributed by atoms with Gasteiger partial charge in [-0.25, -0.2) is 0 Å². The van der Waals surface area contributed by atoms with Gasteiger partial charge in [0.25, 0.3) is 0 Å². The molecule has 0 spiro atoms. The Kier molecular flexibility index (Phi) is 1.35. The van der Waals surface area contributed by atoms with Crippen molar-refractivity contribution in [1.29, 1.82) is 0 Å². The molecule has 1 heterocycles. The molecule has 0 saturated carbocycles. The van der Waals surface area contributed by atoms with Crippen molar-refractivity contribution < 1.29 is 9.43 Å². The first-order valence-corrected chi connectivity index (χ1v) is 3.51. The molecule has 56 valence electrons. The van der Waals surface area contributed by atoms with E-state index < -0.39 is 0 Å². The third kappa shape index (κ3) is 1.09. The van der Waals surface area contributed by atoms with Gasteiger partial charge in [-0.3, -0.25) is 0 Å². The SMILES string of the molecule is C[N+]1=Nc2ccccc2OC1. The van der Waals surface area contributed by atoms with Crippen LogP contribution in [-0.4, -0.2) is 18.5 Å². The van der Waals surface area contributed by atoms with Crippen LogP contribution >= 0.6 is 0 Å². The van der Waals surface area contributed by atoms with Gasteiger partial charge in [0.05, 0.1) is 0 Å². The minimum absolute atomic E-state index is 0.539. The van der Waals surface area contributed by atoms with Crippen molar-refractivity contribution in [3.05, 3.63) is 24.3 Å². The van der Waals surface area contributed by atoms with E-state index in [1.54, 1.807) is 4.70 Å². The van der Waals surface area contributed by atoms with Crippen LogP contribution in [-0.2, 0) is 0 Å². The summed E-state index contributed by atoms with van der Waals surface area (Å²) in [5.41, 5.74) is 0.904. The van der Waals surface area contributed by atoms with Gasteiger partial charge in [0.1, 0.15) is 0 Å². The number of rotatable bonds is 0. The van der Waals surface area contributed by atoms with Crippen molar-refractivity contribution in [2.75, 3.05) is 13.8 Å². The maximum Gasteiger partial charge on any atom is 0.311 e. The lowest BCUT2D eigenvalue weighted by Crippen LogP contribution is -2.14. The molecule has 0 amide bonds. The number of para-hydroxylation sites is 1. The highest BCUT2D eigenvalue weighted by Gasteiger charge is 2.13. The van der Waals surface area contributed by atoms with E-state index >= 15 is 0 Å². The van der Waals surface area contributed by atoms with Crippen LogP contribution in [0.5, 0.6) is 5.75 Å². The largest absolute Gasteiger partial charge is 0.432 e. The molecule has 3 nitrogen and oxygen atoms in total. The van der Waals surface area contributed by atoms with E-state index in [0.717, 1.165) is 11.4 Å². The Bertz CT molecular complexity index is 307. The van der Waals surface area contributed by atoms with Gasteiger partial charge >= 0.3 is 6.73 Å². The maximum absolute atomic E-state index is 5.37.